The molecular weight excluding hydrogens is 290 g/mol. The van der Waals surface area contributed by atoms with Gasteiger partial charge in [0.05, 0.1) is 17.4 Å². The highest BCUT2D eigenvalue weighted by molar-refractivity contribution is 5.96. The summed E-state index contributed by atoms with van der Waals surface area (Å²) in [5.41, 5.74) is 2.59. The average molecular weight is 299 g/mol. The number of hydrogen-bond donors (Lipinski definition) is 1. The van der Waals surface area contributed by atoms with Gasteiger partial charge in [-0.2, -0.15) is 5.10 Å². The van der Waals surface area contributed by atoms with Crippen LogP contribution in [0.2, 0.25) is 0 Å². The molecule has 2 heterocycles. The number of furan rings is 2. The van der Waals surface area contributed by atoms with Gasteiger partial charge in [-0.25, -0.2) is 5.43 Å². The molecule has 3 aromatic rings. The first kappa shape index (κ1) is 13.6. The molecule has 1 N–H and O–H groups in total. The first-order valence-electron chi connectivity index (χ1n) is 6.18. The van der Waals surface area contributed by atoms with Gasteiger partial charge in [0.25, 0.3) is 5.69 Å². The highest BCUT2D eigenvalue weighted by Crippen LogP contribution is 2.24. The maximum absolute atomic E-state index is 11.9. The SMILES string of the molecule is O=C(N/N=C\c1ccco1)c1cc2cc([N+](=O)[O-])ccc2o1. The minimum Gasteiger partial charge on any atom is -0.463 e. The van der Waals surface area contributed by atoms with E-state index in [0.717, 1.165) is 0 Å². The van der Waals surface area contributed by atoms with Gasteiger partial charge in [0, 0.05) is 17.5 Å². The summed E-state index contributed by atoms with van der Waals surface area (Å²) in [6.07, 6.45) is 2.82. The zero-order valence-electron chi connectivity index (χ0n) is 11.1. The summed E-state index contributed by atoms with van der Waals surface area (Å²) < 4.78 is 10.3. The molecular formula is C14H9N3O5. The fourth-order valence-corrected chi connectivity index (χ4v) is 1.83. The smallest absolute Gasteiger partial charge is 0.307 e. The van der Waals surface area contributed by atoms with E-state index < -0.39 is 10.8 Å². The van der Waals surface area contributed by atoms with Gasteiger partial charge in [-0.05, 0) is 24.3 Å². The molecule has 1 aromatic carbocycles. The Labute approximate surface area is 123 Å². The van der Waals surface area contributed by atoms with Crippen molar-refractivity contribution in [3.05, 3.63) is 64.3 Å². The van der Waals surface area contributed by atoms with Crippen LogP contribution in [0.1, 0.15) is 16.3 Å². The third kappa shape index (κ3) is 2.70. The van der Waals surface area contributed by atoms with Gasteiger partial charge in [0.15, 0.2) is 5.76 Å². The Morgan fingerprint density at radius 3 is 2.91 bits per heavy atom. The summed E-state index contributed by atoms with van der Waals surface area (Å²) in [5, 5.41) is 14.9. The van der Waals surface area contributed by atoms with Crippen LogP contribution in [-0.2, 0) is 0 Å². The number of nitrogens with one attached hydrogen (secondary N) is 1. The van der Waals surface area contributed by atoms with Gasteiger partial charge in [0.2, 0.25) is 0 Å². The molecule has 1 amide bonds. The molecule has 0 saturated carbocycles. The van der Waals surface area contributed by atoms with Gasteiger partial charge < -0.3 is 8.83 Å². The highest BCUT2D eigenvalue weighted by Gasteiger charge is 2.14. The van der Waals surface area contributed by atoms with E-state index in [1.54, 1.807) is 12.1 Å². The number of benzene rings is 1. The lowest BCUT2D eigenvalue weighted by Gasteiger charge is -1.93. The molecule has 0 unspecified atom stereocenters. The molecule has 0 aliphatic rings. The predicted molar refractivity (Wildman–Crippen MR) is 76.6 cm³/mol. The van der Waals surface area contributed by atoms with Gasteiger partial charge in [-0.1, -0.05) is 0 Å². The lowest BCUT2D eigenvalue weighted by atomic mass is 10.2. The van der Waals surface area contributed by atoms with Crippen LogP contribution >= 0.6 is 0 Å². The van der Waals surface area contributed by atoms with Gasteiger partial charge in [-0.3, -0.25) is 14.9 Å². The Kier molecular flexibility index (Phi) is 3.40. The average Bonchev–Trinajstić information content (AvgIpc) is 3.15. The zero-order chi connectivity index (χ0) is 15.5. The molecule has 2 aromatic heterocycles. The molecule has 0 aliphatic heterocycles. The normalized spacial score (nSPS) is 11.1. The fourth-order valence-electron chi connectivity index (χ4n) is 1.83. The number of hydrazone groups is 1. The fraction of sp³-hybridized carbons (Fsp3) is 0. The van der Waals surface area contributed by atoms with E-state index >= 15 is 0 Å². The second kappa shape index (κ2) is 5.52. The van der Waals surface area contributed by atoms with Crippen molar-refractivity contribution < 1.29 is 18.6 Å². The predicted octanol–water partition coefficient (Wildman–Crippen LogP) is 2.70. The zero-order valence-corrected chi connectivity index (χ0v) is 11.1. The van der Waals surface area contributed by atoms with Crippen LogP contribution in [0.25, 0.3) is 11.0 Å². The Balaban J connectivity index is 1.77. The van der Waals surface area contributed by atoms with Crippen LogP contribution in [0.15, 0.2) is 56.6 Å². The third-order valence-electron chi connectivity index (χ3n) is 2.84. The lowest BCUT2D eigenvalue weighted by Crippen LogP contribution is -2.16. The molecule has 110 valence electrons. The number of fused-ring (bicyclic) bond motifs is 1. The van der Waals surface area contributed by atoms with Crippen molar-refractivity contribution in [3.63, 3.8) is 0 Å². The maximum atomic E-state index is 11.9. The van der Waals surface area contributed by atoms with Gasteiger partial charge >= 0.3 is 5.91 Å². The quantitative estimate of drug-likeness (QED) is 0.452. The topological polar surface area (TPSA) is 111 Å². The number of nitrogens with zero attached hydrogens (tertiary/aromatic N) is 2. The summed E-state index contributed by atoms with van der Waals surface area (Å²) in [5.74, 6) is -0.0747. The summed E-state index contributed by atoms with van der Waals surface area (Å²) in [7, 11) is 0. The largest absolute Gasteiger partial charge is 0.463 e. The van der Waals surface area contributed by atoms with Crippen LogP contribution in [0, 0.1) is 10.1 Å². The number of hydrogen-bond acceptors (Lipinski definition) is 6. The summed E-state index contributed by atoms with van der Waals surface area (Å²) in [6, 6.07) is 8.87. The molecule has 22 heavy (non-hydrogen) atoms. The number of carbonyl (C=O) groups is 1. The Bertz CT molecular complexity index is 864. The second-order valence-corrected chi connectivity index (χ2v) is 4.30. The number of nitro benzene ring substituents is 1. The Morgan fingerprint density at radius 2 is 2.18 bits per heavy atom. The Morgan fingerprint density at radius 1 is 1.32 bits per heavy atom. The molecule has 0 atom stereocenters. The molecule has 0 spiro atoms. The van der Waals surface area contributed by atoms with E-state index in [-0.39, 0.29) is 11.4 Å². The van der Waals surface area contributed by atoms with Gasteiger partial charge in [0.1, 0.15) is 11.3 Å². The van der Waals surface area contributed by atoms with E-state index in [1.807, 2.05) is 0 Å². The van der Waals surface area contributed by atoms with E-state index in [0.29, 0.717) is 16.7 Å². The molecule has 3 rings (SSSR count). The van der Waals surface area contributed by atoms with E-state index in [9.17, 15) is 14.9 Å². The third-order valence-corrected chi connectivity index (χ3v) is 2.84. The van der Waals surface area contributed by atoms with Crippen LogP contribution in [0.4, 0.5) is 5.69 Å². The summed E-state index contributed by atoms with van der Waals surface area (Å²) >= 11 is 0. The molecule has 8 nitrogen and oxygen atoms in total. The van der Waals surface area contributed by atoms with Crippen molar-refractivity contribution in [2.75, 3.05) is 0 Å². The van der Waals surface area contributed by atoms with E-state index in [2.05, 4.69) is 10.5 Å². The summed E-state index contributed by atoms with van der Waals surface area (Å²) in [4.78, 5) is 22.1. The van der Waals surface area contributed by atoms with Crippen molar-refractivity contribution in [1.82, 2.24) is 5.43 Å². The van der Waals surface area contributed by atoms with E-state index in [1.165, 1.54) is 36.7 Å². The molecule has 0 aliphatic carbocycles. The lowest BCUT2D eigenvalue weighted by molar-refractivity contribution is -0.384. The van der Waals surface area contributed by atoms with Gasteiger partial charge in [-0.15, -0.1) is 0 Å². The first-order chi connectivity index (χ1) is 10.6. The molecule has 0 radical (unpaired) electrons. The van der Waals surface area contributed by atoms with Crippen molar-refractivity contribution in [3.8, 4) is 0 Å². The second-order valence-electron chi connectivity index (χ2n) is 4.30. The molecule has 8 heteroatoms. The van der Waals surface area contributed by atoms with Crippen molar-refractivity contribution >= 4 is 28.8 Å². The summed E-state index contributed by atoms with van der Waals surface area (Å²) in [6.45, 7) is 0. The number of amides is 1. The first-order valence-corrected chi connectivity index (χ1v) is 6.18. The number of non-ortho nitro benzene ring substituents is 1. The van der Waals surface area contributed by atoms with Crippen molar-refractivity contribution in [2.45, 2.75) is 0 Å². The molecule has 0 bridgehead atoms. The minimum absolute atomic E-state index is 0.00657. The van der Waals surface area contributed by atoms with Crippen LogP contribution in [-0.4, -0.2) is 17.0 Å². The van der Waals surface area contributed by atoms with Crippen LogP contribution in [0.5, 0.6) is 0 Å². The van der Waals surface area contributed by atoms with Crippen LogP contribution < -0.4 is 5.43 Å². The number of nitro groups is 1. The number of rotatable bonds is 4. The van der Waals surface area contributed by atoms with Crippen LogP contribution in [0.3, 0.4) is 0 Å². The molecule has 0 saturated heterocycles. The van der Waals surface area contributed by atoms with Crippen molar-refractivity contribution in [1.29, 1.82) is 0 Å². The minimum atomic E-state index is -0.568. The monoisotopic (exact) mass is 299 g/mol. The molecule has 0 fully saturated rings. The highest BCUT2D eigenvalue weighted by atomic mass is 16.6. The standard InChI is InChI=1S/C14H9N3O5/c18-14(16-15-8-11-2-1-5-21-11)13-7-9-6-10(17(19)20)3-4-12(9)22-13/h1-8H,(H,16,18)/b15-8-. The maximum Gasteiger partial charge on any atom is 0.307 e. The van der Waals surface area contributed by atoms with Crippen molar-refractivity contribution in [2.24, 2.45) is 5.10 Å². The number of carbonyl (C=O) groups excluding carboxylic acids is 1. The Hall–Kier alpha value is -3.42. The van der Waals surface area contributed by atoms with E-state index in [4.69, 9.17) is 8.83 Å².